The molecule has 1 N–H and O–H groups in total. The molecule has 0 spiro atoms. The number of phenolic OH excluding ortho intramolecular Hbond substituents is 1. The second-order valence-electron chi connectivity index (χ2n) is 4.33. The molecule has 0 saturated heterocycles. The van der Waals surface area contributed by atoms with Crippen molar-refractivity contribution in [2.45, 2.75) is 13.3 Å². The van der Waals surface area contributed by atoms with Gasteiger partial charge in [0.1, 0.15) is 11.4 Å². The highest BCUT2D eigenvalue weighted by molar-refractivity contribution is 5.63. The van der Waals surface area contributed by atoms with Crippen LogP contribution in [0.2, 0.25) is 0 Å². The number of pyridine rings is 1. The lowest BCUT2D eigenvalue weighted by Crippen LogP contribution is -1.86. The van der Waals surface area contributed by atoms with Crippen LogP contribution < -0.4 is 0 Å². The summed E-state index contributed by atoms with van der Waals surface area (Å²) in [6.45, 7) is 2.14. The van der Waals surface area contributed by atoms with Crippen molar-refractivity contribution in [3.63, 3.8) is 0 Å². The summed E-state index contributed by atoms with van der Waals surface area (Å²) < 4.78 is 2.04. The van der Waals surface area contributed by atoms with E-state index in [0.717, 1.165) is 23.3 Å². The van der Waals surface area contributed by atoms with Crippen molar-refractivity contribution >= 4 is 5.65 Å². The van der Waals surface area contributed by atoms with Crippen molar-refractivity contribution in [1.82, 2.24) is 9.38 Å². The molecule has 0 aliphatic heterocycles. The Hall–Kier alpha value is -2.29. The Morgan fingerprint density at radius 3 is 2.56 bits per heavy atom. The zero-order valence-corrected chi connectivity index (χ0v) is 10.2. The summed E-state index contributed by atoms with van der Waals surface area (Å²) in [5, 5.41) is 9.29. The molecule has 2 heterocycles. The standard InChI is InChI=1S/C15H14N2O/c1-2-11-3-8-15-16-14(10-17(15)9-11)12-4-6-13(18)7-5-12/h3-10,18H,2H2,1H3. The second-order valence-corrected chi connectivity index (χ2v) is 4.33. The third-order valence-corrected chi connectivity index (χ3v) is 3.08. The van der Waals surface area contributed by atoms with Gasteiger partial charge in [-0.05, 0) is 42.3 Å². The molecule has 90 valence electrons. The van der Waals surface area contributed by atoms with E-state index in [1.165, 1.54) is 5.56 Å². The van der Waals surface area contributed by atoms with Crippen molar-refractivity contribution in [2.75, 3.05) is 0 Å². The fourth-order valence-electron chi connectivity index (χ4n) is 2.02. The van der Waals surface area contributed by atoms with Gasteiger partial charge in [-0.25, -0.2) is 4.98 Å². The van der Waals surface area contributed by atoms with Gasteiger partial charge in [-0.2, -0.15) is 0 Å². The molecule has 0 bridgehead atoms. The number of rotatable bonds is 2. The molecule has 2 aromatic heterocycles. The van der Waals surface area contributed by atoms with E-state index < -0.39 is 0 Å². The van der Waals surface area contributed by atoms with E-state index in [1.807, 2.05) is 28.8 Å². The van der Waals surface area contributed by atoms with Crippen LogP contribution in [0.3, 0.4) is 0 Å². The van der Waals surface area contributed by atoms with Crippen LogP contribution in [0.5, 0.6) is 5.75 Å². The fraction of sp³-hybridized carbons (Fsp3) is 0.133. The van der Waals surface area contributed by atoms with Gasteiger partial charge in [0, 0.05) is 18.0 Å². The van der Waals surface area contributed by atoms with E-state index in [2.05, 4.69) is 24.2 Å². The summed E-state index contributed by atoms with van der Waals surface area (Å²) >= 11 is 0. The molecule has 0 unspecified atom stereocenters. The first-order valence-corrected chi connectivity index (χ1v) is 6.03. The molecular formula is C15H14N2O. The monoisotopic (exact) mass is 238 g/mol. The zero-order chi connectivity index (χ0) is 12.5. The average Bonchev–Trinajstić information content (AvgIpc) is 2.82. The van der Waals surface area contributed by atoms with E-state index in [1.54, 1.807) is 12.1 Å². The number of aromatic hydroxyl groups is 1. The van der Waals surface area contributed by atoms with Crippen LogP contribution in [0, 0.1) is 0 Å². The molecule has 18 heavy (non-hydrogen) atoms. The molecule has 0 radical (unpaired) electrons. The summed E-state index contributed by atoms with van der Waals surface area (Å²) in [5.41, 5.74) is 4.16. The number of aromatic nitrogens is 2. The van der Waals surface area contributed by atoms with Gasteiger partial charge in [-0.3, -0.25) is 0 Å². The smallest absolute Gasteiger partial charge is 0.137 e. The molecule has 0 atom stereocenters. The van der Waals surface area contributed by atoms with Gasteiger partial charge in [-0.15, -0.1) is 0 Å². The van der Waals surface area contributed by atoms with Crippen LogP contribution >= 0.6 is 0 Å². The van der Waals surface area contributed by atoms with Crippen LogP contribution in [0.4, 0.5) is 0 Å². The summed E-state index contributed by atoms with van der Waals surface area (Å²) in [5.74, 6) is 0.274. The first-order valence-electron chi connectivity index (χ1n) is 6.03. The maximum absolute atomic E-state index is 9.29. The Morgan fingerprint density at radius 2 is 1.83 bits per heavy atom. The number of nitrogens with zero attached hydrogens (tertiary/aromatic N) is 2. The second kappa shape index (κ2) is 4.18. The highest BCUT2D eigenvalue weighted by Gasteiger charge is 2.04. The minimum Gasteiger partial charge on any atom is -0.508 e. The van der Waals surface area contributed by atoms with E-state index in [4.69, 9.17) is 0 Å². The molecule has 0 amide bonds. The van der Waals surface area contributed by atoms with Crippen molar-refractivity contribution in [2.24, 2.45) is 0 Å². The average molecular weight is 238 g/mol. The highest BCUT2D eigenvalue weighted by Crippen LogP contribution is 2.21. The lowest BCUT2D eigenvalue weighted by molar-refractivity contribution is 0.475. The minimum atomic E-state index is 0.274. The maximum Gasteiger partial charge on any atom is 0.137 e. The van der Waals surface area contributed by atoms with Gasteiger partial charge in [0.05, 0.1) is 5.69 Å². The van der Waals surface area contributed by atoms with Crippen molar-refractivity contribution < 1.29 is 5.11 Å². The fourth-order valence-corrected chi connectivity index (χ4v) is 2.02. The first-order chi connectivity index (χ1) is 8.76. The molecule has 0 aliphatic carbocycles. The maximum atomic E-state index is 9.29. The number of benzene rings is 1. The predicted molar refractivity (Wildman–Crippen MR) is 71.7 cm³/mol. The topological polar surface area (TPSA) is 37.5 Å². The normalized spacial score (nSPS) is 10.9. The Balaban J connectivity index is 2.10. The Morgan fingerprint density at radius 1 is 1.06 bits per heavy atom. The molecule has 3 rings (SSSR count). The Kier molecular flexibility index (Phi) is 2.52. The van der Waals surface area contributed by atoms with Crippen LogP contribution in [0.25, 0.3) is 16.9 Å². The Labute approximate surface area is 105 Å². The van der Waals surface area contributed by atoms with Crippen molar-refractivity contribution in [3.05, 3.63) is 54.4 Å². The third kappa shape index (κ3) is 1.84. The predicted octanol–water partition coefficient (Wildman–Crippen LogP) is 3.27. The number of fused-ring (bicyclic) bond motifs is 1. The van der Waals surface area contributed by atoms with Crippen LogP contribution in [-0.4, -0.2) is 14.5 Å². The molecule has 3 aromatic rings. The third-order valence-electron chi connectivity index (χ3n) is 3.08. The van der Waals surface area contributed by atoms with Crippen LogP contribution in [0.1, 0.15) is 12.5 Å². The number of phenols is 1. The summed E-state index contributed by atoms with van der Waals surface area (Å²) in [7, 11) is 0. The van der Waals surface area contributed by atoms with Gasteiger partial charge >= 0.3 is 0 Å². The van der Waals surface area contributed by atoms with E-state index in [0.29, 0.717) is 0 Å². The minimum absolute atomic E-state index is 0.274. The van der Waals surface area contributed by atoms with Gasteiger partial charge < -0.3 is 9.51 Å². The van der Waals surface area contributed by atoms with Gasteiger partial charge in [0.15, 0.2) is 0 Å². The molecule has 0 fully saturated rings. The lowest BCUT2D eigenvalue weighted by atomic mass is 10.2. The van der Waals surface area contributed by atoms with Crippen molar-refractivity contribution in [1.29, 1.82) is 0 Å². The Bertz CT molecular complexity index is 683. The highest BCUT2D eigenvalue weighted by atomic mass is 16.3. The van der Waals surface area contributed by atoms with Crippen LogP contribution in [-0.2, 0) is 6.42 Å². The molecule has 1 aromatic carbocycles. The lowest BCUT2D eigenvalue weighted by Gasteiger charge is -1.96. The quantitative estimate of drug-likeness (QED) is 0.744. The van der Waals surface area contributed by atoms with Gasteiger partial charge in [0.2, 0.25) is 0 Å². The first kappa shape index (κ1) is 10.8. The molecular weight excluding hydrogens is 224 g/mol. The van der Waals surface area contributed by atoms with Gasteiger partial charge in [0.25, 0.3) is 0 Å². The number of aryl methyl sites for hydroxylation is 1. The SMILES string of the molecule is CCc1ccc2nc(-c3ccc(O)cc3)cn2c1. The van der Waals surface area contributed by atoms with E-state index >= 15 is 0 Å². The van der Waals surface area contributed by atoms with Crippen molar-refractivity contribution in [3.8, 4) is 17.0 Å². The van der Waals surface area contributed by atoms with Crippen LogP contribution in [0.15, 0.2) is 48.8 Å². The summed E-state index contributed by atoms with van der Waals surface area (Å²) in [6, 6.07) is 11.2. The number of imidazole rings is 1. The largest absolute Gasteiger partial charge is 0.508 e. The molecule has 3 heteroatoms. The molecule has 3 nitrogen and oxygen atoms in total. The molecule has 0 aliphatic rings. The number of hydrogen-bond donors (Lipinski definition) is 1. The zero-order valence-electron chi connectivity index (χ0n) is 10.2. The number of hydrogen-bond acceptors (Lipinski definition) is 2. The molecule has 0 saturated carbocycles. The van der Waals surface area contributed by atoms with Gasteiger partial charge in [-0.1, -0.05) is 13.0 Å². The summed E-state index contributed by atoms with van der Waals surface area (Å²) in [4.78, 5) is 4.57. The summed E-state index contributed by atoms with van der Waals surface area (Å²) in [6.07, 6.45) is 5.13. The van der Waals surface area contributed by atoms with E-state index in [9.17, 15) is 5.11 Å². The van der Waals surface area contributed by atoms with E-state index in [-0.39, 0.29) is 5.75 Å².